The predicted octanol–water partition coefficient (Wildman–Crippen LogP) is 1.31. The summed E-state index contributed by atoms with van der Waals surface area (Å²) in [5.41, 5.74) is 7.04. The second-order valence-corrected chi connectivity index (χ2v) is 8.07. The molecule has 0 unspecified atom stereocenters. The predicted molar refractivity (Wildman–Crippen MR) is 128 cm³/mol. The van der Waals surface area contributed by atoms with Gasteiger partial charge in [-0.1, -0.05) is 6.07 Å². The van der Waals surface area contributed by atoms with Gasteiger partial charge in [0.15, 0.2) is 0 Å². The lowest BCUT2D eigenvalue weighted by Gasteiger charge is -2.15. The molecular weight excluding hydrogens is 408 g/mol. The number of phenols is 1. The van der Waals surface area contributed by atoms with E-state index in [9.17, 15) is 15.1 Å². The molecule has 0 radical (unpaired) electrons. The molecule has 1 aromatic carbocycles. The number of benzene rings is 1. The first-order valence-electron chi connectivity index (χ1n) is 11.7. The minimum Gasteiger partial charge on any atom is -0.507 e. The highest BCUT2D eigenvalue weighted by atomic mass is 16.5. The Morgan fingerprint density at radius 1 is 0.969 bits per heavy atom. The lowest BCUT2D eigenvalue weighted by molar-refractivity contribution is -0.120. The number of H-pyrrole nitrogens is 1. The van der Waals surface area contributed by atoms with E-state index in [4.69, 9.17) is 5.73 Å². The highest BCUT2D eigenvalue weighted by Crippen LogP contribution is 2.24. The fraction of sp³-hybridized carbons (Fsp3) is 0.609. The molecule has 8 N–H and O–H groups in total. The number of hydrogen-bond acceptors (Lipinski definition) is 7. The van der Waals surface area contributed by atoms with Crippen molar-refractivity contribution in [2.24, 2.45) is 5.73 Å². The largest absolute Gasteiger partial charge is 0.507 e. The Labute approximate surface area is 190 Å². The van der Waals surface area contributed by atoms with Crippen molar-refractivity contribution in [3.63, 3.8) is 0 Å². The third kappa shape index (κ3) is 10.4. The minimum absolute atomic E-state index is 0.0578. The van der Waals surface area contributed by atoms with E-state index in [1.807, 2.05) is 12.1 Å². The molecule has 9 heteroatoms. The number of phenolic OH excluding ortho intramolecular Hbond substituents is 1. The summed E-state index contributed by atoms with van der Waals surface area (Å²) in [7, 11) is 0. The summed E-state index contributed by atoms with van der Waals surface area (Å²) in [6, 6.07) is 7.08. The van der Waals surface area contributed by atoms with Gasteiger partial charge >= 0.3 is 0 Å². The average Bonchev–Trinajstić information content (AvgIpc) is 3.18. The number of nitrogens with zero attached hydrogens (tertiary/aromatic N) is 1. The van der Waals surface area contributed by atoms with E-state index in [1.54, 1.807) is 12.1 Å². The SMILES string of the molecule is NCCCNCCCNCCCN(O)CCCCNC(=O)Cc1cc2c(O)cccc2[nH]1. The van der Waals surface area contributed by atoms with Crippen molar-refractivity contribution in [3.05, 3.63) is 30.0 Å². The molecule has 0 bridgehead atoms. The monoisotopic (exact) mass is 448 g/mol. The maximum Gasteiger partial charge on any atom is 0.225 e. The minimum atomic E-state index is -0.0578. The first-order valence-corrected chi connectivity index (χ1v) is 11.7. The first-order chi connectivity index (χ1) is 15.6. The molecule has 1 heterocycles. The van der Waals surface area contributed by atoms with Crippen LogP contribution < -0.4 is 21.7 Å². The third-order valence-corrected chi connectivity index (χ3v) is 5.25. The van der Waals surface area contributed by atoms with Gasteiger partial charge in [-0.25, -0.2) is 0 Å². The molecule has 0 atom stereocenters. The molecule has 2 aromatic rings. The zero-order valence-electron chi connectivity index (χ0n) is 19.0. The molecule has 9 nitrogen and oxygen atoms in total. The van der Waals surface area contributed by atoms with Crippen LogP contribution in [0, 0.1) is 0 Å². The Balaban J connectivity index is 1.43. The Morgan fingerprint density at radius 3 is 2.44 bits per heavy atom. The molecule has 1 aromatic heterocycles. The van der Waals surface area contributed by atoms with Crippen molar-refractivity contribution in [1.82, 2.24) is 26.0 Å². The van der Waals surface area contributed by atoms with E-state index in [2.05, 4.69) is 20.9 Å². The van der Waals surface area contributed by atoms with E-state index in [1.165, 1.54) is 5.06 Å². The summed E-state index contributed by atoms with van der Waals surface area (Å²) in [4.78, 5) is 15.3. The number of hydroxylamine groups is 2. The van der Waals surface area contributed by atoms with Crippen molar-refractivity contribution >= 4 is 16.8 Å². The highest BCUT2D eigenvalue weighted by Gasteiger charge is 2.08. The van der Waals surface area contributed by atoms with Gasteiger partial charge < -0.3 is 37.0 Å². The molecular formula is C23H40N6O3. The normalized spacial score (nSPS) is 11.5. The summed E-state index contributed by atoms with van der Waals surface area (Å²) < 4.78 is 0. The number of aromatic nitrogens is 1. The van der Waals surface area contributed by atoms with Crippen LogP contribution in [-0.4, -0.2) is 78.6 Å². The van der Waals surface area contributed by atoms with E-state index in [0.717, 1.165) is 81.4 Å². The quantitative estimate of drug-likeness (QED) is 0.135. The Kier molecular flexibility index (Phi) is 12.7. The fourth-order valence-corrected chi connectivity index (χ4v) is 3.49. The molecule has 1 amide bonds. The van der Waals surface area contributed by atoms with Gasteiger partial charge in [0.25, 0.3) is 0 Å². The van der Waals surface area contributed by atoms with Gasteiger partial charge in [0.1, 0.15) is 5.75 Å². The number of aromatic amines is 1. The number of unbranched alkanes of at least 4 members (excludes halogenated alkanes) is 1. The molecule has 0 aliphatic carbocycles. The van der Waals surface area contributed by atoms with Crippen LogP contribution in [0.3, 0.4) is 0 Å². The molecule has 0 fully saturated rings. The number of rotatable bonds is 18. The number of hydrogen-bond donors (Lipinski definition) is 7. The second-order valence-electron chi connectivity index (χ2n) is 8.07. The Morgan fingerprint density at radius 2 is 1.69 bits per heavy atom. The van der Waals surface area contributed by atoms with Gasteiger partial charge in [-0.3, -0.25) is 4.79 Å². The molecule has 0 saturated heterocycles. The van der Waals surface area contributed by atoms with E-state index >= 15 is 0 Å². The standard InChI is InChI=1S/C23H40N6O3/c24-9-4-10-25-11-5-12-26-13-6-16-29(32)15-2-1-14-27-23(31)18-19-17-20-21(28-19)7-3-8-22(20)30/h3,7-8,17,25-26,28,30,32H,1-2,4-6,9-16,18,24H2,(H,27,31). The maximum atomic E-state index is 12.1. The van der Waals surface area contributed by atoms with Crippen molar-refractivity contribution in [2.75, 3.05) is 52.4 Å². The number of nitrogens with two attached hydrogens (primary N) is 1. The second kappa shape index (κ2) is 15.6. The lowest BCUT2D eigenvalue weighted by Crippen LogP contribution is -2.29. The molecule has 0 aliphatic heterocycles. The van der Waals surface area contributed by atoms with E-state index in [-0.39, 0.29) is 18.1 Å². The summed E-state index contributed by atoms with van der Waals surface area (Å²) >= 11 is 0. The lowest BCUT2D eigenvalue weighted by atomic mass is 10.2. The van der Waals surface area contributed by atoms with Crippen LogP contribution in [0.4, 0.5) is 0 Å². The molecule has 0 saturated carbocycles. The van der Waals surface area contributed by atoms with Gasteiger partial charge in [0.2, 0.25) is 5.91 Å². The van der Waals surface area contributed by atoms with Gasteiger partial charge in [-0.2, -0.15) is 5.06 Å². The zero-order chi connectivity index (χ0) is 23.0. The van der Waals surface area contributed by atoms with Gasteiger partial charge in [-0.15, -0.1) is 0 Å². The topological polar surface area (TPSA) is 139 Å². The average molecular weight is 449 g/mol. The van der Waals surface area contributed by atoms with Crippen LogP contribution in [-0.2, 0) is 11.2 Å². The van der Waals surface area contributed by atoms with Gasteiger partial charge in [0, 0.05) is 36.2 Å². The van der Waals surface area contributed by atoms with Gasteiger partial charge in [0.05, 0.1) is 6.42 Å². The summed E-state index contributed by atoms with van der Waals surface area (Å²) in [5, 5.41) is 31.5. The number of amides is 1. The number of carbonyl (C=O) groups is 1. The van der Waals surface area contributed by atoms with Crippen LogP contribution in [0.2, 0.25) is 0 Å². The molecule has 180 valence electrons. The smallest absolute Gasteiger partial charge is 0.225 e. The number of fused-ring (bicyclic) bond motifs is 1. The van der Waals surface area contributed by atoms with Crippen molar-refractivity contribution in [2.45, 2.75) is 38.5 Å². The van der Waals surface area contributed by atoms with Crippen molar-refractivity contribution in [1.29, 1.82) is 0 Å². The van der Waals surface area contributed by atoms with Crippen LogP contribution in [0.5, 0.6) is 5.75 Å². The van der Waals surface area contributed by atoms with Crippen molar-refractivity contribution < 1.29 is 15.1 Å². The van der Waals surface area contributed by atoms with Crippen LogP contribution in [0.1, 0.15) is 37.8 Å². The maximum absolute atomic E-state index is 12.1. The molecule has 0 spiro atoms. The number of aromatic hydroxyl groups is 1. The summed E-state index contributed by atoms with van der Waals surface area (Å²) in [6.45, 7) is 6.40. The molecule has 0 aliphatic rings. The van der Waals surface area contributed by atoms with Crippen LogP contribution in [0.15, 0.2) is 24.3 Å². The highest BCUT2D eigenvalue weighted by molar-refractivity contribution is 5.88. The van der Waals surface area contributed by atoms with E-state index in [0.29, 0.717) is 19.6 Å². The van der Waals surface area contributed by atoms with Crippen LogP contribution in [0.25, 0.3) is 10.9 Å². The van der Waals surface area contributed by atoms with Crippen LogP contribution >= 0.6 is 0 Å². The molecule has 2 rings (SSSR count). The van der Waals surface area contributed by atoms with E-state index < -0.39 is 0 Å². The molecule has 32 heavy (non-hydrogen) atoms. The zero-order valence-corrected chi connectivity index (χ0v) is 19.0. The van der Waals surface area contributed by atoms with Crippen molar-refractivity contribution in [3.8, 4) is 5.75 Å². The number of nitrogens with one attached hydrogen (secondary N) is 4. The first kappa shape index (κ1) is 26.1. The fourth-order valence-electron chi connectivity index (χ4n) is 3.49. The Hall–Kier alpha value is -2.17. The third-order valence-electron chi connectivity index (χ3n) is 5.25. The summed E-state index contributed by atoms with van der Waals surface area (Å²) in [5.74, 6) is 0.152. The number of carbonyl (C=O) groups excluding carboxylic acids is 1. The summed E-state index contributed by atoms with van der Waals surface area (Å²) in [6.07, 6.45) is 4.88. The Bertz CT molecular complexity index is 782. The van der Waals surface area contributed by atoms with Gasteiger partial charge in [-0.05, 0) is 83.0 Å².